The van der Waals surface area contributed by atoms with Crippen molar-refractivity contribution in [2.75, 3.05) is 20.4 Å². The Morgan fingerprint density at radius 1 is 0.360 bits per heavy atom. The number of halogens is 3. The third-order valence-corrected chi connectivity index (χ3v) is 29.7. The fraction of sp³-hybridized carbons (Fsp3) is 0.429. The predicted octanol–water partition coefficient (Wildman–Crippen LogP) is 33.4. The second-order valence-electron chi connectivity index (χ2n) is 41.2. The van der Waals surface area contributed by atoms with E-state index in [-0.39, 0.29) is 54.4 Å². The highest BCUT2D eigenvalue weighted by atomic mass is 79.9. The molecule has 2 saturated carbocycles. The van der Waals surface area contributed by atoms with Crippen molar-refractivity contribution in [3.05, 3.63) is 257 Å². The van der Waals surface area contributed by atoms with Crippen molar-refractivity contribution in [3.8, 4) is 0 Å². The van der Waals surface area contributed by atoms with Gasteiger partial charge in [-0.05, 0) is 264 Å². The van der Waals surface area contributed by atoms with Crippen molar-refractivity contribution in [3.63, 3.8) is 0 Å². The molecule has 2 fully saturated rings. The van der Waals surface area contributed by atoms with E-state index in [1.807, 2.05) is 28.7 Å². The van der Waals surface area contributed by atoms with E-state index in [1.54, 1.807) is 0 Å². The Hall–Kier alpha value is -7.10. The Bertz CT molecular complexity index is 5630. The number of thiophene rings is 2. The van der Waals surface area contributed by atoms with Gasteiger partial charge in [-0.3, -0.25) is 0 Å². The first kappa shape index (κ1) is 84.8. The third kappa shape index (κ3) is 15.9. The number of nitrogens with two attached hydrogens (primary N) is 1. The standard InChI is InChI=1S/C52H61ClN2S.C25H32ClN.C16H15BrS.C12H19N/c1-32-24-36(50(9,10)11)25-33(2)47(32)54(38-18-20-42-41-19-16-35(49(6,7)8)27-45(41)56-46(42)31-38)39-28-37(53)29-40(30-39)55-44-21-17-34(48(3,4)5)26-43(44)51(12)22-14-15-23-52(51,55)13;1-17-13-19(26)16-20(14-17)27-22-10-9-18(23(2,3)4)15-21(22)24(5)11-7-8-12-25(24,27)6;1-16(2,3)10-4-6-12-13-7-5-11(17)9-15(13)18-14(12)8-10;1-8-6-10(12(3,4)5)7-9(2)11(8)13/h16-21,24-31H,14-15,22-23H2,1-13H3;9-10,13-16H,7-8,11-12H2,1-6H3;4-9H,1-3H3;6-7H,13H2,1-5H3. The van der Waals surface area contributed by atoms with Gasteiger partial charge < -0.3 is 20.4 Å². The molecule has 0 bridgehead atoms. The van der Waals surface area contributed by atoms with Crippen LogP contribution >= 0.6 is 61.8 Å². The van der Waals surface area contributed by atoms with Gasteiger partial charge in [0.05, 0.1) is 16.8 Å². The van der Waals surface area contributed by atoms with Gasteiger partial charge in [0, 0.05) is 106 Å². The molecule has 0 radical (unpaired) electrons. The minimum atomic E-state index is -0.0844. The van der Waals surface area contributed by atoms with Gasteiger partial charge in [0.25, 0.3) is 0 Å². The number of fused-ring (bicyclic) bond motifs is 12. The number of hydrogen-bond acceptors (Lipinski definition) is 6. The number of hydrogen-bond donors (Lipinski definition) is 1. The molecule has 0 saturated heterocycles. The summed E-state index contributed by atoms with van der Waals surface area (Å²) in [4.78, 5) is 7.76. The molecular formula is C105H127BrCl2N4S2. The second-order valence-corrected chi connectivity index (χ2v) is 45.1. The quantitative estimate of drug-likeness (QED) is 0.174. The van der Waals surface area contributed by atoms with Crippen LogP contribution in [0.1, 0.15) is 276 Å². The van der Waals surface area contributed by atoms with Crippen LogP contribution in [0.2, 0.25) is 10.0 Å². The van der Waals surface area contributed by atoms with Crippen LogP contribution in [0.4, 0.5) is 45.5 Å². The first-order valence-electron chi connectivity index (χ1n) is 41.8. The lowest BCUT2D eigenvalue weighted by molar-refractivity contribution is 0.194. The van der Waals surface area contributed by atoms with Crippen molar-refractivity contribution in [1.29, 1.82) is 0 Å². The Balaban J connectivity index is 0.000000159. The SMILES string of the molecule is CC(C)(C)c1ccc2c(c1)sc1cc(Br)ccc12.Cc1cc(C(C)(C)C)cc(C)c1N.Cc1cc(C(C)(C)C)cc(C)c1N(c1cc(Cl)cc(N2c3ccc(C(C)(C)C)cc3C3(C)CCCCC23C)c1)c1ccc2c(c1)sc1cc(C(C)(C)C)ccc12.Cc1cc(Cl)cc(N2c3ccc(C(C)(C)C)cc3C3(C)CCCCC23C)c1. The molecule has 2 aromatic heterocycles. The molecular weight excluding hydrogens is 1530 g/mol. The topological polar surface area (TPSA) is 35.7 Å². The molecule has 600 valence electrons. The van der Waals surface area contributed by atoms with E-state index in [0.29, 0.717) is 0 Å². The monoisotopic (exact) mass is 1660 g/mol. The first-order chi connectivity index (χ1) is 52.9. The van der Waals surface area contributed by atoms with Gasteiger partial charge in [0.1, 0.15) is 0 Å². The minimum Gasteiger partial charge on any atom is -0.398 e. The molecule has 4 nitrogen and oxygen atoms in total. The summed E-state index contributed by atoms with van der Waals surface area (Å²) in [6.45, 7) is 62.0. The minimum absolute atomic E-state index is 0.0268. The first-order valence-corrected chi connectivity index (χ1v) is 45.0. The molecule has 2 N–H and O–H groups in total. The summed E-state index contributed by atoms with van der Waals surface area (Å²) in [5, 5.41) is 6.95. The zero-order valence-electron chi connectivity index (χ0n) is 73.7. The second kappa shape index (κ2) is 30.4. The van der Waals surface area contributed by atoms with Crippen LogP contribution in [-0.4, -0.2) is 11.1 Å². The highest BCUT2D eigenvalue weighted by Crippen LogP contribution is 2.64. The molecule has 0 amide bonds. The number of nitrogens with zero attached hydrogens (tertiary/aromatic N) is 3. The summed E-state index contributed by atoms with van der Waals surface area (Å²) in [6.07, 6.45) is 9.89. The Labute approximate surface area is 711 Å². The van der Waals surface area contributed by atoms with Crippen LogP contribution in [0.25, 0.3) is 40.3 Å². The van der Waals surface area contributed by atoms with E-state index < -0.39 is 0 Å². The van der Waals surface area contributed by atoms with Crippen molar-refractivity contribution < 1.29 is 0 Å². The normalized spacial score (nSPS) is 19.7. The Morgan fingerprint density at radius 3 is 1.13 bits per heavy atom. The molecule has 4 heterocycles. The molecule has 10 aromatic carbocycles. The summed E-state index contributed by atoms with van der Waals surface area (Å²) < 4.78 is 6.53. The lowest BCUT2D eigenvalue weighted by atomic mass is 9.61. The van der Waals surface area contributed by atoms with Gasteiger partial charge in [-0.15, -0.1) is 22.7 Å². The number of aryl methyl sites for hydroxylation is 5. The summed E-state index contributed by atoms with van der Waals surface area (Å²) in [5.74, 6) is 0. The van der Waals surface area contributed by atoms with Crippen LogP contribution in [0.5, 0.6) is 0 Å². The van der Waals surface area contributed by atoms with E-state index in [9.17, 15) is 0 Å². The largest absolute Gasteiger partial charge is 0.398 e. The van der Waals surface area contributed by atoms with Gasteiger partial charge in [-0.1, -0.05) is 288 Å². The van der Waals surface area contributed by atoms with E-state index in [1.165, 1.54) is 180 Å². The van der Waals surface area contributed by atoms with E-state index in [0.717, 1.165) is 43.7 Å². The zero-order valence-corrected chi connectivity index (χ0v) is 78.4. The van der Waals surface area contributed by atoms with Crippen molar-refractivity contribution in [2.45, 2.75) is 293 Å². The Kier molecular flexibility index (Phi) is 22.6. The van der Waals surface area contributed by atoms with Crippen LogP contribution in [0.3, 0.4) is 0 Å². The molecule has 4 unspecified atom stereocenters. The number of nitrogen functional groups attached to an aromatic ring is 1. The molecule has 12 aromatic rings. The number of rotatable bonds is 5. The maximum atomic E-state index is 7.33. The fourth-order valence-corrected chi connectivity index (χ4v) is 22.4. The maximum absolute atomic E-state index is 7.33. The van der Waals surface area contributed by atoms with Gasteiger partial charge in [-0.2, -0.15) is 0 Å². The van der Waals surface area contributed by atoms with Gasteiger partial charge in [0.2, 0.25) is 0 Å². The summed E-state index contributed by atoms with van der Waals surface area (Å²) in [6, 6.07) is 64.4. The van der Waals surface area contributed by atoms with Gasteiger partial charge in [-0.25, -0.2) is 0 Å². The van der Waals surface area contributed by atoms with E-state index in [4.69, 9.17) is 28.9 Å². The van der Waals surface area contributed by atoms with E-state index >= 15 is 0 Å². The summed E-state index contributed by atoms with van der Waals surface area (Å²) in [7, 11) is 0. The van der Waals surface area contributed by atoms with Crippen molar-refractivity contribution >= 4 is 148 Å². The molecule has 4 atom stereocenters. The molecule has 2 aliphatic carbocycles. The zero-order chi connectivity index (χ0) is 83.1. The van der Waals surface area contributed by atoms with Gasteiger partial charge in [0.15, 0.2) is 0 Å². The summed E-state index contributed by atoms with van der Waals surface area (Å²) >= 11 is 21.1. The lowest BCUT2D eigenvalue weighted by Gasteiger charge is -2.50. The van der Waals surface area contributed by atoms with Crippen molar-refractivity contribution in [2.24, 2.45) is 0 Å². The van der Waals surface area contributed by atoms with Crippen LogP contribution in [0.15, 0.2) is 174 Å². The lowest BCUT2D eigenvalue weighted by Crippen LogP contribution is -2.54. The van der Waals surface area contributed by atoms with Crippen LogP contribution < -0.4 is 20.4 Å². The highest BCUT2D eigenvalue weighted by Gasteiger charge is 2.59. The van der Waals surface area contributed by atoms with Crippen LogP contribution in [0, 0.1) is 34.6 Å². The number of benzene rings is 10. The predicted molar refractivity (Wildman–Crippen MR) is 510 cm³/mol. The molecule has 2 aliphatic heterocycles. The highest BCUT2D eigenvalue weighted by molar-refractivity contribution is 9.10. The smallest absolute Gasteiger partial charge is 0.0520 e. The van der Waals surface area contributed by atoms with Crippen LogP contribution in [-0.2, 0) is 43.3 Å². The fourth-order valence-electron chi connectivity index (χ4n) is 19.0. The summed E-state index contributed by atoms with van der Waals surface area (Å²) in [5.41, 5.74) is 33.8. The van der Waals surface area contributed by atoms with Gasteiger partial charge >= 0.3 is 0 Å². The Morgan fingerprint density at radius 2 is 0.711 bits per heavy atom. The average molecular weight is 1660 g/mol. The average Bonchev–Trinajstić information content (AvgIpc) is 1.53. The molecule has 114 heavy (non-hydrogen) atoms. The molecule has 16 rings (SSSR count). The maximum Gasteiger partial charge on any atom is 0.0520 e. The molecule has 0 spiro atoms. The molecule has 4 aliphatic rings. The van der Waals surface area contributed by atoms with Crippen molar-refractivity contribution in [1.82, 2.24) is 0 Å². The van der Waals surface area contributed by atoms with E-state index in [2.05, 4.69) is 381 Å². The third-order valence-electron chi connectivity index (χ3n) is 26.5. The molecule has 9 heteroatoms. The number of anilines is 8.